The number of unbranched alkanes of at least 4 members (excludes halogenated alkanes) is 1. The van der Waals surface area contributed by atoms with Crippen molar-refractivity contribution in [1.29, 1.82) is 0 Å². The molecule has 16 heavy (non-hydrogen) atoms. The van der Waals surface area contributed by atoms with Crippen LogP contribution in [0.4, 0.5) is 0 Å². The molecule has 0 bridgehead atoms. The Kier molecular flexibility index (Phi) is 5.04. The van der Waals surface area contributed by atoms with E-state index in [1.165, 1.54) is 47.1 Å². The zero-order valence-corrected chi connectivity index (χ0v) is 12.8. The fraction of sp³-hybridized carbons (Fsp3) is 0.600. The van der Waals surface area contributed by atoms with Gasteiger partial charge in [0.05, 0.1) is 0 Å². The van der Waals surface area contributed by atoms with Crippen LogP contribution in [0.15, 0.2) is 0 Å². The second-order valence-corrected chi connectivity index (χ2v) is 5.54. The van der Waals surface area contributed by atoms with E-state index in [-0.39, 0.29) is 0 Å². The Morgan fingerprint density at radius 2 is 1.12 bits per heavy atom. The van der Waals surface area contributed by atoms with E-state index < -0.39 is 0 Å². The lowest BCUT2D eigenvalue weighted by Crippen LogP contribution is -2.03. The molecule has 0 amide bonds. The maximum absolute atomic E-state index is 3.50. The summed E-state index contributed by atoms with van der Waals surface area (Å²) in [6, 6.07) is 0. The lowest BCUT2D eigenvalue weighted by Gasteiger charge is -2.18. The number of hydrogen-bond donors (Lipinski definition) is 0. The monoisotopic (exact) mass is 282 g/mol. The molecule has 1 aromatic carbocycles. The van der Waals surface area contributed by atoms with E-state index in [1.54, 1.807) is 5.56 Å². The fourth-order valence-corrected chi connectivity index (χ4v) is 2.75. The summed E-state index contributed by atoms with van der Waals surface area (Å²) in [6.45, 7) is 11.3. The van der Waals surface area contributed by atoms with Gasteiger partial charge >= 0.3 is 0 Å². The number of benzene rings is 1. The van der Waals surface area contributed by atoms with Crippen LogP contribution in [-0.2, 0) is 6.42 Å². The molecule has 1 heteroatoms. The summed E-state index contributed by atoms with van der Waals surface area (Å²) >= 11 is 3.50. The van der Waals surface area contributed by atoms with Crippen molar-refractivity contribution in [2.45, 2.75) is 53.9 Å². The van der Waals surface area contributed by atoms with Crippen LogP contribution in [0.2, 0.25) is 0 Å². The Bertz CT molecular complexity index is 349. The van der Waals surface area contributed by atoms with Gasteiger partial charge in [-0.3, -0.25) is 0 Å². The summed E-state index contributed by atoms with van der Waals surface area (Å²) in [4.78, 5) is 0. The van der Waals surface area contributed by atoms with Gasteiger partial charge in [-0.05, 0) is 87.3 Å². The van der Waals surface area contributed by atoms with Crippen LogP contribution in [0.25, 0.3) is 0 Å². The molecule has 0 aliphatic heterocycles. The van der Waals surface area contributed by atoms with E-state index in [1.807, 2.05) is 0 Å². The van der Waals surface area contributed by atoms with E-state index in [2.05, 4.69) is 50.5 Å². The average molecular weight is 283 g/mol. The van der Waals surface area contributed by atoms with E-state index in [4.69, 9.17) is 0 Å². The number of rotatable bonds is 4. The van der Waals surface area contributed by atoms with Crippen molar-refractivity contribution >= 4 is 15.9 Å². The SMILES string of the molecule is Cc1c(C)c(C)c(CCCCBr)c(C)c1C. The van der Waals surface area contributed by atoms with Crippen molar-refractivity contribution in [2.75, 3.05) is 5.33 Å². The van der Waals surface area contributed by atoms with Crippen molar-refractivity contribution in [3.63, 3.8) is 0 Å². The van der Waals surface area contributed by atoms with Crippen LogP contribution in [0.5, 0.6) is 0 Å². The van der Waals surface area contributed by atoms with Crippen molar-refractivity contribution in [1.82, 2.24) is 0 Å². The molecule has 0 radical (unpaired) electrons. The molecule has 1 aromatic rings. The first-order chi connectivity index (χ1) is 7.50. The smallest absolute Gasteiger partial charge is 0.00314 e. The third-order valence-electron chi connectivity index (χ3n) is 3.97. The molecule has 0 aromatic heterocycles. The van der Waals surface area contributed by atoms with Crippen LogP contribution in [-0.4, -0.2) is 5.33 Å². The first kappa shape index (κ1) is 13.8. The molecule has 0 atom stereocenters. The third-order valence-corrected chi connectivity index (χ3v) is 4.53. The summed E-state index contributed by atoms with van der Waals surface area (Å²) in [5.41, 5.74) is 9.04. The normalized spacial score (nSPS) is 10.9. The Labute approximate surface area is 109 Å². The highest BCUT2D eigenvalue weighted by Crippen LogP contribution is 2.27. The maximum Gasteiger partial charge on any atom is 0.00314 e. The largest absolute Gasteiger partial charge is 0.0928 e. The summed E-state index contributed by atoms with van der Waals surface area (Å²) < 4.78 is 0. The molecule has 0 saturated carbocycles. The van der Waals surface area contributed by atoms with E-state index in [0.29, 0.717) is 0 Å². The van der Waals surface area contributed by atoms with E-state index >= 15 is 0 Å². The zero-order valence-electron chi connectivity index (χ0n) is 11.2. The van der Waals surface area contributed by atoms with Gasteiger partial charge in [-0.25, -0.2) is 0 Å². The van der Waals surface area contributed by atoms with Gasteiger partial charge in [-0.1, -0.05) is 15.9 Å². The predicted octanol–water partition coefficient (Wildman–Crippen LogP) is 4.95. The number of alkyl halides is 1. The molecule has 0 aliphatic carbocycles. The Morgan fingerprint density at radius 3 is 1.56 bits per heavy atom. The molecule has 0 fully saturated rings. The highest BCUT2D eigenvalue weighted by molar-refractivity contribution is 9.09. The van der Waals surface area contributed by atoms with E-state index in [9.17, 15) is 0 Å². The zero-order chi connectivity index (χ0) is 12.3. The second kappa shape index (κ2) is 5.86. The third kappa shape index (κ3) is 2.68. The molecule has 0 aliphatic rings. The second-order valence-electron chi connectivity index (χ2n) is 4.75. The molecular formula is C15H23Br. The summed E-state index contributed by atoms with van der Waals surface area (Å²) in [5.74, 6) is 0. The van der Waals surface area contributed by atoms with Gasteiger partial charge in [0.25, 0.3) is 0 Å². The van der Waals surface area contributed by atoms with Gasteiger partial charge in [-0.2, -0.15) is 0 Å². The molecule has 0 nitrogen and oxygen atoms in total. The van der Waals surface area contributed by atoms with Crippen LogP contribution < -0.4 is 0 Å². The first-order valence-corrected chi connectivity index (χ1v) is 7.24. The van der Waals surface area contributed by atoms with Crippen molar-refractivity contribution in [3.8, 4) is 0 Å². The Balaban J connectivity index is 3.08. The van der Waals surface area contributed by atoms with Gasteiger partial charge in [0.2, 0.25) is 0 Å². The van der Waals surface area contributed by atoms with Crippen LogP contribution >= 0.6 is 15.9 Å². The minimum absolute atomic E-state index is 1.12. The minimum Gasteiger partial charge on any atom is -0.0928 e. The Hall–Kier alpha value is -0.300. The van der Waals surface area contributed by atoms with Crippen molar-refractivity contribution in [3.05, 3.63) is 33.4 Å². The van der Waals surface area contributed by atoms with Crippen LogP contribution in [0.3, 0.4) is 0 Å². The molecule has 0 heterocycles. The lowest BCUT2D eigenvalue weighted by molar-refractivity contribution is 0.794. The van der Waals surface area contributed by atoms with Crippen molar-refractivity contribution < 1.29 is 0 Å². The first-order valence-electron chi connectivity index (χ1n) is 6.12. The quantitative estimate of drug-likeness (QED) is 0.542. The molecule has 0 unspecified atom stereocenters. The molecule has 0 N–H and O–H groups in total. The number of hydrogen-bond acceptors (Lipinski definition) is 0. The topological polar surface area (TPSA) is 0 Å². The molecular weight excluding hydrogens is 260 g/mol. The minimum atomic E-state index is 1.12. The molecule has 0 saturated heterocycles. The van der Waals surface area contributed by atoms with Crippen molar-refractivity contribution in [2.24, 2.45) is 0 Å². The fourth-order valence-electron chi connectivity index (χ4n) is 2.35. The highest BCUT2D eigenvalue weighted by atomic mass is 79.9. The molecule has 0 spiro atoms. The van der Waals surface area contributed by atoms with Gasteiger partial charge in [0.1, 0.15) is 0 Å². The van der Waals surface area contributed by atoms with Crippen LogP contribution in [0, 0.1) is 34.6 Å². The maximum atomic E-state index is 3.50. The van der Waals surface area contributed by atoms with E-state index in [0.717, 1.165) is 5.33 Å². The number of halogens is 1. The summed E-state index contributed by atoms with van der Waals surface area (Å²) in [5, 5.41) is 1.12. The predicted molar refractivity (Wildman–Crippen MR) is 76.9 cm³/mol. The standard InChI is InChI=1S/C15H23Br/c1-10-11(2)13(4)15(8-6-7-9-16)14(5)12(10)3/h6-9H2,1-5H3. The summed E-state index contributed by atoms with van der Waals surface area (Å²) in [6.07, 6.45) is 3.78. The molecule has 1 rings (SSSR count). The van der Waals surface area contributed by atoms with Gasteiger partial charge < -0.3 is 0 Å². The average Bonchev–Trinajstić information content (AvgIpc) is 2.28. The lowest BCUT2D eigenvalue weighted by atomic mass is 9.87. The van der Waals surface area contributed by atoms with Crippen LogP contribution in [0.1, 0.15) is 46.2 Å². The summed E-state index contributed by atoms with van der Waals surface area (Å²) in [7, 11) is 0. The Morgan fingerprint density at radius 1 is 0.688 bits per heavy atom. The van der Waals surface area contributed by atoms with Gasteiger partial charge in [0, 0.05) is 5.33 Å². The van der Waals surface area contributed by atoms with Gasteiger partial charge in [-0.15, -0.1) is 0 Å². The van der Waals surface area contributed by atoms with Gasteiger partial charge in [0.15, 0.2) is 0 Å². The molecule has 90 valence electrons. The highest BCUT2D eigenvalue weighted by Gasteiger charge is 2.11.